The molecule has 150 valence electrons. The van der Waals surface area contributed by atoms with Crippen molar-refractivity contribution >= 4 is 11.7 Å². The van der Waals surface area contributed by atoms with Crippen LogP contribution in [-0.4, -0.2) is 24.8 Å². The fraction of sp³-hybridized carbons (Fsp3) is 0.417. The third-order valence-corrected chi connectivity index (χ3v) is 4.76. The van der Waals surface area contributed by atoms with Gasteiger partial charge in [-0.1, -0.05) is 81.5 Å². The Labute approximate surface area is 168 Å². The zero-order valence-electron chi connectivity index (χ0n) is 16.9. The minimum absolute atomic E-state index is 0.0975. The van der Waals surface area contributed by atoms with Crippen molar-refractivity contribution in [1.82, 2.24) is 10.6 Å². The average Bonchev–Trinajstić information content (AvgIpc) is 2.74. The number of ketones is 1. The van der Waals surface area contributed by atoms with E-state index in [-0.39, 0.29) is 11.7 Å². The molecule has 1 amide bonds. The maximum absolute atomic E-state index is 12.2. The minimum Gasteiger partial charge on any atom is -0.348 e. The molecule has 0 aromatic heterocycles. The van der Waals surface area contributed by atoms with Gasteiger partial charge in [-0.15, -0.1) is 0 Å². The lowest BCUT2D eigenvalue weighted by Gasteiger charge is -2.07. The van der Waals surface area contributed by atoms with Crippen LogP contribution in [0.25, 0.3) is 0 Å². The molecule has 0 bridgehead atoms. The van der Waals surface area contributed by atoms with Gasteiger partial charge in [-0.2, -0.15) is 0 Å². The molecule has 0 atom stereocenters. The first-order valence-corrected chi connectivity index (χ1v) is 10.4. The molecular weight excluding hydrogens is 348 g/mol. The van der Waals surface area contributed by atoms with Crippen LogP contribution < -0.4 is 10.6 Å². The van der Waals surface area contributed by atoms with Crippen molar-refractivity contribution in [2.45, 2.75) is 52.0 Å². The standard InChI is InChI=1S/C24H32N2O2/c1-2-3-4-5-6-10-17-25-19-23(27)21-15-13-20(14-16-21)18-26-24(28)22-11-8-7-9-12-22/h7-9,11-16,25H,2-6,10,17-19H2,1H3,(H,26,28). The van der Waals surface area contributed by atoms with Crippen molar-refractivity contribution in [2.24, 2.45) is 0 Å². The van der Waals surface area contributed by atoms with Crippen LogP contribution in [0.5, 0.6) is 0 Å². The van der Waals surface area contributed by atoms with Gasteiger partial charge in [-0.05, 0) is 30.7 Å². The molecule has 0 saturated heterocycles. The van der Waals surface area contributed by atoms with E-state index in [2.05, 4.69) is 17.6 Å². The van der Waals surface area contributed by atoms with Crippen molar-refractivity contribution in [3.05, 3.63) is 71.3 Å². The van der Waals surface area contributed by atoms with Crippen LogP contribution in [0.2, 0.25) is 0 Å². The number of nitrogens with one attached hydrogen (secondary N) is 2. The Balaban J connectivity index is 1.66. The monoisotopic (exact) mass is 380 g/mol. The number of Topliss-reactive ketones (excluding diaryl/α,β-unsaturated/α-hetero) is 1. The molecule has 4 nitrogen and oxygen atoms in total. The summed E-state index contributed by atoms with van der Waals surface area (Å²) in [6.07, 6.45) is 7.53. The zero-order valence-corrected chi connectivity index (χ0v) is 16.9. The van der Waals surface area contributed by atoms with Gasteiger partial charge in [0.1, 0.15) is 0 Å². The molecule has 0 saturated carbocycles. The summed E-state index contributed by atoms with van der Waals surface area (Å²) in [7, 11) is 0. The highest BCUT2D eigenvalue weighted by atomic mass is 16.1. The summed E-state index contributed by atoms with van der Waals surface area (Å²) in [5.41, 5.74) is 2.32. The molecule has 2 aromatic carbocycles. The lowest BCUT2D eigenvalue weighted by molar-refractivity contribution is 0.0949. The molecule has 2 aromatic rings. The van der Waals surface area contributed by atoms with E-state index in [1.807, 2.05) is 42.5 Å². The molecule has 2 rings (SSSR count). The number of carbonyl (C=O) groups excluding carboxylic acids is 2. The van der Waals surface area contributed by atoms with Crippen molar-refractivity contribution < 1.29 is 9.59 Å². The fourth-order valence-corrected chi connectivity index (χ4v) is 3.02. The van der Waals surface area contributed by atoms with Crippen LogP contribution in [0.4, 0.5) is 0 Å². The molecule has 0 unspecified atom stereocenters. The highest BCUT2D eigenvalue weighted by molar-refractivity contribution is 5.97. The quantitative estimate of drug-likeness (QED) is 0.389. The first kappa shape index (κ1) is 21.8. The summed E-state index contributed by atoms with van der Waals surface area (Å²) in [5.74, 6) is 0.00509. The van der Waals surface area contributed by atoms with Gasteiger partial charge in [-0.25, -0.2) is 0 Å². The van der Waals surface area contributed by atoms with Gasteiger partial charge in [0.2, 0.25) is 0 Å². The predicted molar refractivity (Wildman–Crippen MR) is 115 cm³/mol. The number of hydrogen-bond acceptors (Lipinski definition) is 3. The second-order valence-corrected chi connectivity index (χ2v) is 7.11. The lowest BCUT2D eigenvalue weighted by atomic mass is 10.1. The third-order valence-electron chi connectivity index (χ3n) is 4.76. The Kier molecular flexibility index (Phi) is 10.0. The van der Waals surface area contributed by atoms with E-state index in [4.69, 9.17) is 0 Å². The zero-order chi connectivity index (χ0) is 20.0. The van der Waals surface area contributed by atoms with Crippen molar-refractivity contribution in [3.63, 3.8) is 0 Å². The second-order valence-electron chi connectivity index (χ2n) is 7.11. The van der Waals surface area contributed by atoms with Gasteiger partial charge in [0, 0.05) is 17.7 Å². The molecule has 0 fully saturated rings. The van der Waals surface area contributed by atoms with Gasteiger partial charge in [-0.3, -0.25) is 9.59 Å². The molecule has 0 aliphatic rings. The molecule has 0 heterocycles. The van der Waals surface area contributed by atoms with Crippen molar-refractivity contribution in [1.29, 1.82) is 0 Å². The van der Waals surface area contributed by atoms with E-state index in [9.17, 15) is 9.59 Å². The minimum atomic E-state index is -0.0975. The van der Waals surface area contributed by atoms with Crippen molar-refractivity contribution in [2.75, 3.05) is 13.1 Å². The van der Waals surface area contributed by atoms with Gasteiger partial charge in [0.05, 0.1) is 6.54 Å². The third kappa shape index (κ3) is 8.05. The summed E-state index contributed by atoms with van der Waals surface area (Å²) < 4.78 is 0. The number of hydrogen-bond donors (Lipinski definition) is 2. The Morgan fingerprint density at radius 1 is 0.786 bits per heavy atom. The number of carbonyl (C=O) groups is 2. The smallest absolute Gasteiger partial charge is 0.251 e. The number of benzene rings is 2. The van der Waals surface area contributed by atoms with Crippen LogP contribution in [0.15, 0.2) is 54.6 Å². The van der Waals surface area contributed by atoms with Gasteiger partial charge < -0.3 is 10.6 Å². The number of rotatable bonds is 13. The van der Waals surface area contributed by atoms with E-state index >= 15 is 0 Å². The Morgan fingerprint density at radius 2 is 1.46 bits per heavy atom. The van der Waals surface area contributed by atoms with Gasteiger partial charge in [0.25, 0.3) is 5.91 Å². The first-order chi connectivity index (χ1) is 13.7. The highest BCUT2D eigenvalue weighted by Gasteiger charge is 2.07. The van der Waals surface area contributed by atoms with Gasteiger partial charge in [0.15, 0.2) is 5.78 Å². The van der Waals surface area contributed by atoms with Crippen LogP contribution in [0.1, 0.15) is 71.7 Å². The predicted octanol–water partition coefficient (Wildman–Crippen LogP) is 4.75. The molecule has 0 radical (unpaired) electrons. The molecule has 4 heteroatoms. The van der Waals surface area contributed by atoms with Crippen LogP contribution in [-0.2, 0) is 6.54 Å². The molecule has 2 N–H and O–H groups in total. The number of unbranched alkanes of at least 4 members (excludes halogenated alkanes) is 5. The van der Waals surface area contributed by atoms with E-state index in [0.29, 0.717) is 24.2 Å². The topological polar surface area (TPSA) is 58.2 Å². The fourth-order valence-electron chi connectivity index (χ4n) is 3.02. The summed E-state index contributed by atoms with van der Waals surface area (Å²) >= 11 is 0. The molecule has 28 heavy (non-hydrogen) atoms. The first-order valence-electron chi connectivity index (χ1n) is 10.4. The molecule has 0 aliphatic heterocycles. The molecule has 0 aliphatic carbocycles. The SMILES string of the molecule is CCCCCCCCNCC(=O)c1ccc(CNC(=O)c2ccccc2)cc1. The van der Waals surface area contributed by atoms with Gasteiger partial charge >= 0.3 is 0 Å². The van der Waals surface area contributed by atoms with E-state index < -0.39 is 0 Å². The van der Waals surface area contributed by atoms with Crippen molar-refractivity contribution in [3.8, 4) is 0 Å². The summed E-state index contributed by atoms with van der Waals surface area (Å²) in [6.45, 7) is 3.93. The molecule has 0 spiro atoms. The Hall–Kier alpha value is -2.46. The van der Waals surface area contributed by atoms with E-state index in [1.165, 1.54) is 32.1 Å². The lowest BCUT2D eigenvalue weighted by Crippen LogP contribution is -2.24. The summed E-state index contributed by atoms with van der Waals surface area (Å²) in [6, 6.07) is 16.6. The van der Waals surface area contributed by atoms with Crippen LogP contribution in [0.3, 0.4) is 0 Å². The van der Waals surface area contributed by atoms with E-state index in [0.717, 1.165) is 18.5 Å². The molecular formula is C24H32N2O2. The van der Waals surface area contributed by atoms with E-state index in [1.54, 1.807) is 12.1 Å². The average molecular weight is 381 g/mol. The van der Waals surface area contributed by atoms with Crippen LogP contribution >= 0.6 is 0 Å². The normalized spacial score (nSPS) is 10.6. The second kappa shape index (κ2) is 12.8. The maximum atomic E-state index is 12.2. The number of amides is 1. The van der Waals surface area contributed by atoms with Crippen LogP contribution in [0, 0.1) is 0 Å². The highest BCUT2D eigenvalue weighted by Crippen LogP contribution is 2.07. The largest absolute Gasteiger partial charge is 0.348 e. The summed E-state index contributed by atoms with van der Waals surface area (Å²) in [5, 5.41) is 6.14. The maximum Gasteiger partial charge on any atom is 0.251 e. The Bertz CT molecular complexity index is 711. The summed E-state index contributed by atoms with van der Waals surface area (Å²) in [4.78, 5) is 24.3. The Morgan fingerprint density at radius 3 is 2.18 bits per heavy atom.